The van der Waals surface area contributed by atoms with Crippen LogP contribution < -0.4 is 5.32 Å². The van der Waals surface area contributed by atoms with Crippen LogP contribution in [0.4, 0.5) is 4.39 Å². The molecule has 0 bridgehead atoms. The third-order valence-corrected chi connectivity index (χ3v) is 6.80. The van der Waals surface area contributed by atoms with E-state index < -0.39 is 6.04 Å². The van der Waals surface area contributed by atoms with Crippen LogP contribution in [0, 0.1) is 12.7 Å². The zero-order valence-electron chi connectivity index (χ0n) is 22.2. The van der Waals surface area contributed by atoms with Crippen LogP contribution >= 0.6 is 0 Å². The molecule has 0 saturated carbocycles. The fourth-order valence-corrected chi connectivity index (χ4v) is 4.76. The first-order valence-corrected chi connectivity index (χ1v) is 13.2. The number of para-hydroxylation sites is 1. The lowest BCUT2D eigenvalue weighted by atomic mass is 10.0. The maximum Gasteiger partial charge on any atom is 0.247 e. The summed E-state index contributed by atoms with van der Waals surface area (Å²) in [5.74, 6) is -0.920. The molecule has 8 heteroatoms. The number of rotatable bonds is 10. The second kappa shape index (κ2) is 12.3. The predicted octanol–water partition coefficient (Wildman–Crippen LogP) is 5.01. The zero-order valence-corrected chi connectivity index (χ0v) is 22.2. The molecule has 4 aromatic carbocycles. The Morgan fingerprint density at radius 3 is 2.42 bits per heavy atom. The second-order valence-corrected chi connectivity index (χ2v) is 9.72. The van der Waals surface area contributed by atoms with Crippen molar-refractivity contribution in [2.45, 2.75) is 32.5 Å². The van der Waals surface area contributed by atoms with E-state index in [0.717, 1.165) is 22.2 Å². The van der Waals surface area contributed by atoms with Gasteiger partial charge in [0.2, 0.25) is 11.8 Å². The van der Waals surface area contributed by atoms with Gasteiger partial charge in [0.1, 0.15) is 23.9 Å². The number of nitrogens with one attached hydrogen (secondary N) is 1. The average Bonchev–Trinajstić information content (AvgIpc) is 3.38. The van der Waals surface area contributed by atoms with Crippen molar-refractivity contribution >= 4 is 22.8 Å². The molecule has 0 fully saturated rings. The normalized spacial score (nSPS) is 11.8. The summed E-state index contributed by atoms with van der Waals surface area (Å²) >= 11 is 0. The molecule has 0 aliphatic heterocycles. The van der Waals surface area contributed by atoms with Gasteiger partial charge >= 0.3 is 0 Å². The molecule has 5 aromatic rings. The van der Waals surface area contributed by atoms with Gasteiger partial charge in [-0.1, -0.05) is 89.6 Å². The summed E-state index contributed by atoms with van der Waals surface area (Å²) in [5, 5.41) is 11.3. The molecule has 2 amide bonds. The van der Waals surface area contributed by atoms with Gasteiger partial charge in [-0.25, -0.2) is 9.07 Å². The van der Waals surface area contributed by atoms with Crippen molar-refractivity contribution in [3.8, 4) is 0 Å². The summed E-state index contributed by atoms with van der Waals surface area (Å²) in [4.78, 5) is 29.4. The van der Waals surface area contributed by atoms with E-state index in [0.29, 0.717) is 24.0 Å². The number of nitrogens with zero attached hydrogens (tertiary/aromatic N) is 4. The minimum Gasteiger partial charge on any atom is -0.350 e. The molecule has 1 heterocycles. The maximum absolute atomic E-state index is 14.0. The smallest absolute Gasteiger partial charge is 0.247 e. The van der Waals surface area contributed by atoms with Gasteiger partial charge in [-0.15, -0.1) is 5.10 Å². The highest BCUT2D eigenvalue weighted by atomic mass is 19.1. The van der Waals surface area contributed by atoms with E-state index >= 15 is 0 Å². The fourth-order valence-electron chi connectivity index (χ4n) is 4.76. The van der Waals surface area contributed by atoms with Gasteiger partial charge in [-0.3, -0.25) is 9.59 Å². The molecular weight excluding hydrogens is 505 g/mol. The van der Waals surface area contributed by atoms with Gasteiger partial charge in [0.05, 0.1) is 5.52 Å². The molecule has 0 unspecified atom stereocenters. The number of fused-ring (bicyclic) bond motifs is 1. The Labute approximate surface area is 232 Å². The molecule has 202 valence electrons. The van der Waals surface area contributed by atoms with Gasteiger partial charge in [0, 0.05) is 13.1 Å². The lowest BCUT2D eigenvalue weighted by molar-refractivity contribution is -0.141. The summed E-state index contributed by atoms with van der Waals surface area (Å²) in [6, 6.07) is 29.9. The lowest BCUT2D eigenvalue weighted by Crippen LogP contribution is -2.45. The average molecular weight is 536 g/mol. The van der Waals surface area contributed by atoms with Crippen molar-refractivity contribution in [3.63, 3.8) is 0 Å². The Balaban J connectivity index is 1.46. The van der Waals surface area contributed by atoms with Crippen LogP contribution in [-0.2, 0) is 29.1 Å². The van der Waals surface area contributed by atoms with E-state index in [1.165, 1.54) is 12.1 Å². The molecule has 0 radical (unpaired) electrons. The SMILES string of the molecule is Cc1cccc(CCN(C(=O)Cn2nnc3ccccc32)[C@H](C(=O)NCc2ccc(F)cc2)c2ccccc2)c1. The van der Waals surface area contributed by atoms with Crippen LogP contribution in [0.15, 0.2) is 103 Å². The third-order valence-electron chi connectivity index (χ3n) is 6.80. The van der Waals surface area contributed by atoms with Crippen molar-refractivity contribution in [2.75, 3.05) is 6.54 Å². The van der Waals surface area contributed by atoms with E-state index in [1.54, 1.807) is 21.7 Å². The summed E-state index contributed by atoms with van der Waals surface area (Å²) in [6.45, 7) is 2.48. The molecule has 1 aromatic heterocycles. The molecule has 1 N–H and O–H groups in total. The molecule has 0 aliphatic carbocycles. The van der Waals surface area contributed by atoms with E-state index in [4.69, 9.17) is 0 Å². The summed E-state index contributed by atoms with van der Waals surface area (Å²) in [5.41, 5.74) is 5.09. The van der Waals surface area contributed by atoms with Gasteiger partial charge in [0.15, 0.2) is 0 Å². The quantitative estimate of drug-likeness (QED) is 0.273. The first kappa shape index (κ1) is 26.7. The minimum absolute atomic E-state index is 0.0666. The molecule has 0 spiro atoms. The summed E-state index contributed by atoms with van der Waals surface area (Å²) in [6.07, 6.45) is 0.570. The summed E-state index contributed by atoms with van der Waals surface area (Å²) in [7, 11) is 0. The first-order valence-electron chi connectivity index (χ1n) is 13.2. The monoisotopic (exact) mass is 535 g/mol. The maximum atomic E-state index is 14.0. The van der Waals surface area contributed by atoms with Crippen molar-refractivity contribution in [1.29, 1.82) is 0 Å². The number of hydrogen-bond acceptors (Lipinski definition) is 4. The number of hydrogen-bond donors (Lipinski definition) is 1. The lowest BCUT2D eigenvalue weighted by Gasteiger charge is -2.31. The van der Waals surface area contributed by atoms with Crippen molar-refractivity contribution in [1.82, 2.24) is 25.2 Å². The predicted molar refractivity (Wildman–Crippen MR) is 152 cm³/mol. The van der Waals surface area contributed by atoms with E-state index in [1.807, 2.05) is 79.7 Å². The largest absolute Gasteiger partial charge is 0.350 e. The van der Waals surface area contributed by atoms with Crippen LogP contribution in [0.1, 0.15) is 28.3 Å². The Morgan fingerprint density at radius 2 is 1.65 bits per heavy atom. The number of aromatic nitrogens is 3. The Morgan fingerprint density at radius 1 is 0.900 bits per heavy atom. The van der Waals surface area contributed by atoms with Crippen molar-refractivity contribution in [2.24, 2.45) is 0 Å². The molecule has 1 atom stereocenters. The zero-order chi connectivity index (χ0) is 27.9. The molecule has 7 nitrogen and oxygen atoms in total. The second-order valence-electron chi connectivity index (χ2n) is 9.72. The van der Waals surface area contributed by atoms with E-state index in [2.05, 4.69) is 21.7 Å². The Bertz CT molecular complexity index is 1600. The highest BCUT2D eigenvalue weighted by molar-refractivity contribution is 5.89. The van der Waals surface area contributed by atoms with Gasteiger partial charge < -0.3 is 10.2 Å². The van der Waals surface area contributed by atoms with Crippen molar-refractivity contribution in [3.05, 3.63) is 131 Å². The molecule has 5 rings (SSSR count). The van der Waals surface area contributed by atoms with E-state index in [9.17, 15) is 14.0 Å². The van der Waals surface area contributed by atoms with Gasteiger partial charge in [-0.2, -0.15) is 0 Å². The fraction of sp³-hybridized carbons (Fsp3) is 0.188. The molecule has 0 aliphatic rings. The number of carbonyl (C=O) groups excluding carboxylic acids is 2. The van der Waals surface area contributed by atoms with Crippen LogP contribution in [0.2, 0.25) is 0 Å². The molecular formula is C32H30FN5O2. The van der Waals surface area contributed by atoms with Crippen molar-refractivity contribution < 1.29 is 14.0 Å². The highest BCUT2D eigenvalue weighted by Crippen LogP contribution is 2.24. The number of benzene rings is 4. The van der Waals surface area contributed by atoms with Gasteiger partial charge in [0.25, 0.3) is 0 Å². The van der Waals surface area contributed by atoms with Crippen LogP contribution in [-0.4, -0.2) is 38.3 Å². The van der Waals surface area contributed by atoms with E-state index in [-0.39, 0.29) is 30.7 Å². The first-order chi connectivity index (χ1) is 19.5. The Hall–Kier alpha value is -4.85. The van der Waals surface area contributed by atoms with Crippen LogP contribution in [0.5, 0.6) is 0 Å². The molecule has 40 heavy (non-hydrogen) atoms. The van der Waals surface area contributed by atoms with Gasteiger partial charge in [-0.05, 0) is 54.3 Å². The topological polar surface area (TPSA) is 80.1 Å². The Kier molecular flexibility index (Phi) is 8.25. The highest BCUT2D eigenvalue weighted by Gasteiger charge is 2.31. The number of aryl methyl sites for hydroxylation is 1. The van der Waals surface area contributed by atoms with Crippen LogP contribution in [0.3, 0.4) is 0 Å². The van der Waals surface area contributed by atoms with Crippen LogP contribution in [0.25, 0.3) is 11.0 Å². The number of amides is 2. The summed E-state index contributed by atoms with van der Waals surface area (Å²) < 4.78 is 15.0. The third kappa shape index (κ3) is 6.40. The minimum atomic E-state index is -0.881. The number of halogens is 1. The number of carbonyl (C=O) groups is 2. The molecule has 0 saturated heterocycles. The standard InChI is InChI=1S/C32H30FN5O2/c1-23-8-7-9-24(20-23)18-19-37(30(39)22-38-29-13-6-5-12-28(29)35-36-38)31(26-10-3-2-4-11-26)32(40)34-21-25-14-16-27(33)17-15-25/h2-17,20,31H,18-19,21-22H2,1H3,(H,34,40)/t31-/m0/s1.